The van der Waals surface area contributed by atoms with Crippen LogP contribution >= 0.6 is 23.1 Å². The van der Waals surface area contributed by atoms with Gasteiger partial charge in [0.2, 0.25) is 5.13 Å². The zero-order valence-electron chi connectivity index (χ0n) is 15.1. The lowest BCUT2D eigenvalue weighted by atomic mass is 10.0. The number of fused-ring (bicyclic) bond motifs is 2. The molecule has 2 aromatic heterocycles. The number of aromatic nitrogens is 2. The van der Waals surface area contributed by atoms with E-state index in [1.165, 1.54) is 23.3 Å². The van der Waals surface area contributed by atoms with Gasteiger partial charge in [0, 0.05) is 0 Å². The van der Waals surface area contributed by atoms with Gasteiger partial charge in [0.05, 0.1) is 16.4 Å². The summed E-state index contributed by atoms with van der Waals surface area (Å²) in [5, 5.41) is 5.95. The molecule has 1 aliphatic carbocycles. The van der Waals surface area contributed by atoms with Crippen molar-refractivity contribution < 1.29 is 4.42 Å². The van der Waals surface area contributed by atoms with Crippen molar-refractivity contribution in [1.29, 1.82) is 0 Å². The van der Waals surface area contributed by atoms with E-state index >= 15 is 0 Å². The third-order valence-electron chi connectivity index (χ3n) is 4.62. The highest BCUT2D eigenvalue weighted by Gasteiger charge is 2.16. The number of thiazole rings is 1. The largest absolute Gasteiger partial charge is 0.431 e. The molecule has 0 aliphatic heterocycles. The summed E-state index contributed by atoms with van der Waals surface area (Å²) in [7, 11) is 0. The molecule has 0 saturated heterocycles. The van der Waals surface area contributed by atoms with Crippen molar-refractivity contribution in [2.45, 2.75) is 30.9 Å². The van der Waals surface area contributed by atoms with E-state index in [9.17, 15) is 0 Å². The fourth-order valence-corrected chi connectivity index (χ4v) is 5.07. The Labute approximate surface area is 170 Å². The quantitative estimate of drug-likeness (QED) is 0.304. The Morgan fingerprint density at radius 1 is 1.00 bits per heavy atom. The van der Waals surface area contributed by atoms with E-state index in [2.05, 4.69) is 26.6 Å². The van der Waals surface area contributed by atoms with Crippen LogP contribution in [0.25, 0.3) is 21.3 Å². The van der Waals surface area contributed by atoms with Crippen molar-refractivity contribution in [1.82, 2.24) is 9.97 Å². The molecule has 0 bridgehead atoms. The minimum atomic E-state index is 0.697. The molecule has 28 heavy (non-hydrogen) atoms. The number of allylic oxidation sites excluding steroid dienone is 2. The van der Waals surface area contributed by atoms with Gasteiger partial charge in [-0.05, 0) is 72.2 Å². The van der Waals surface area contributed by atoms with E-state index in [-0.39, 0.29) is 0 Å². The standard InChI is InChI=1S/C21H18N4OS2/c1-5-11-18(28-21-24-15-8-2-4-10-17(15)26-21)14(7-1)13-22-25-20-23-16-9-3-6-12-19(16)27-20/h2-4,6,8-10,12-13H,1,5,7,11H2,(H,23,25)/b22-13-. The summed E-state index contributed by atoms with van der Waals surface area (Å²) in [6.45, 7) is 0. The smallest absolute Gasteiger partial charge is 0.261 e. The van der Waals surface area contributed by atoms with Gasteiger partial charge < -0.3 is 4.42 Å². The molecule has 5 rings (SSSR count). The van der Waals surface area contributed by atoms with E-state index in [0.717, 1.165) is 39.3 Å². The van der Waals surface area contributed by atoms with Gasteiger partial charge in [0.15, 0.2) is 5.58 Å². The zero-order chi connectivity index (χ0) is 18.8. The van der Waals surface area contributed by atoms with Crippen molar-refractivity contribution in [3.63, 3.8) is 0 Å². The van der Waals surface area contributed by atoms with Crippen molar-refractivity contribution in [3.8, 4) is 0 Å². The second-order valence-electron chi connectivity index (χ2n) is 6.56. The Balaban J connectivity index is 1.34. The normalized spacial score (nSPS) is 15.1. The molecular weight excluding hydrogens is 388 g/mol. The van der Waals surface area contributed by atoms with Crippen LogP contribution in [0.5, 0.6) is 0 Å². The predicted octanol–water partition coefficient (Wildman–Crippen LogP) is 6.46. The highest BCUT2D eigenvalue weighted by Crippen LogP contribution is 2.37. The van der Waals surface area contributed by atoms with E-state index in [1.54, 1.807) is 23.1 Å². The van der Waals surface area contributed by atoms with Crippen LogP contribution in [0.3, 0.4) is 0 Å². The zero-order valence-corrected chi connectivity index (χ0v) is 16.7. The van der Waals surface area contributed by atoms with Gasteiger partial charge in [-0.1, -0.05) is 35.6 Å². The number of benzene rings is 2. The Morgan fingerprint density at radius 3 is 2.71 bits per heavy atom. The SMILES string of the molecule is C(=N/Nc1nc2ccccc2s1)/C1=C(Sc2nc3ccccc3o2)CCCC1. The van der Waals surface area contributed by atoms with Gasteiger partial charge in [0.1, 0.15) is 5.52 Å². The lowest BCUT2D eigenvalue weighted by Gasteiger charge is -2.15. The fraction of sp³-hybridized carbons (Fsp3) is 0.190. The third kappa shape index (κ3) is 3.68. The first kappa shape index (κ1) is 17.5. The summed E-state index contributed by atoms with van der Waals surface area (Å²) in [4.78, 5) is 10.4. The first-order valence-electron chi connectivity index (χ1n) is 9.25. The molecule has 0 spiro atoms. The number of hydrazone groups is 1. The Bertz CT molecular complexity index is 1130. The summed E-state index contributed by atoms with van der Waals surface area (Å²) >= 11 is 3.23. The predicted molar refractivity (Wildman–Crippen MR) is 117 cm³/mol. The second kappa shape index (κ2) is 7.77. The highest BCUT2D eigenvalue weighted by molar-refractivity contribution is 8.02. The number of nitrogens with one attached hydrogen (secondary N) is 1. The van der Waals surface area contributed by atoms with Crippen LogP contribution < -0.4 is 5.43 Å². The topological polar surface area (TPSA) is 63.3 Å². The third-order valence-corrected chi connectivity index (χ3v) is 6.62. The van der Waals surface area contributed by atoms with E-state index in [4.69, 9.17) is 4.42 Å². The van der Waals surface area contributed by atoms with Crippen LogP contribution in [0, 0.1) is 0 Å². The molecular formula is C21H18N4OS2. The molecule has 1 N–H and O–H groups in total. The van der Waals surface area contributed by atoms with E-state index in [1.807, 2.05) is 48.7 Å². The highest BCUT2D eigenvalue weighted by atomic mass is 32.2. The average molecular weight is 407 g/mol. The number of hydrogen-bond donors (Lipinski definition) is 1. The summed E-state index contributed by atoms with van der Waals surface area (Å²) < 4.78 is 7.03. The monoisotopic (exact) mass is 406 g/mol. The van der Waals surface area contributed by atoms with Crippen LogP contribution in [0.1, 0.15) is 25.7 Å². The number of para-hydroxylation sites is 3. The molecule has 0 amide bonds. The number of oxazole rings is 1. The van der Waals surface area contributed by atoms with Crippen LogP contribution in [-0.4, -0.2) is 16.2 Å². The van der Waals surface area contributed by atoms with Gasteiger partial charge in [-0.2, -0.15) is 5.10 Å². The van der Waals surface area contributed by atoms with Crippen LogP contribution in [0.4, 0.5) is 5.13 Å². The lowest BCUT2D eigenvalue weighted by molar-refractivity contribution is 0.490. The maximum atomic E-state index is 5.88. The number of nitrogens with zero attached hydrogens (tertiary/aromatic N) is 3. The van der Waals surface area contributed by atoms with Crippen LogP contribution in [0.15, 0.2) is 73.8 Å². The minimum absolute atomic E-state index is 0.697. The minimum Gasteiger partial charge on any atom is -0.431 e. The van der Waals surface area contributed by atoms with E-state index < -0.39 is 0 Å². The van der Waals surface area contributed by atoms with E-state index in [0.29, 0.717) is 5.22 Å². The average Bonchev–Trinajstić information content (AvgIpc) is 3.32. The molecule has 1 aliphatic rings. The Morgan fingerprint density at radius 2 is 1.82 bits per heavy atom. The van der Waals surface area contributed by atoms with Crippen molar-refractivity contribution in [2.75, 3.05) is 5.43 Å². The molecule has 0 atom stereocenters. The first-order chi connectivity index (χ1) is 13.8. The molecule has 140 valence electrons. The molecule has 2 heterocycles. The number of thioether (sulfide) groups is 1. The summed E-state index contributed by atoms with van der Waals surface area (Å²) in [6, 6.07) is 16.0. The summed E-state index contributed by atoms with van der Waals surface area (Å²) in [5.41, 5.74) is 7.04. The Kier molecular flexibility index (Phi) is 4.85. The molecule has 0 saturated carbocycles. The molecule has 0 unspecified atom stereocenters. The molecule has 5 nitrogen and oxygen atoms in total. The number of rotatable bonds is 5. The fourth-order valence-electron chi connectivity index (χ4n) is 3.24. The lowest BCUT2D eigenvalue weighted by Crippen LogP contribution is -2.00. The first-order valence-corrected chi connectivity index (χ1v) is 10.9. The molecule has 7 heteroatoms. The number of hydrogen-bond acceptors (Lipinski definition) is 7. The summed E-state index contributed by atoms with van der Waals surface area (Å²) in [6.07, 6.45) is 6.35. The van der Waals surface area contributed by atoms with Crippen molar-refractivity contribution in [3.05, 3.63) is 59.0 Å². The molecule has 4 aromatic rings. The van der Waals surface area contributed by atoms with Gasteiger partial charge in [-0.3, -0.25) is 5.43 Å². The van der Waals surface area contributed by atoms with Gasteiger partial charge in [-0.25, -0.2) is 9.97 Å². The van der Waals surface area contributed by atoms with Gasteiger partial charge in [-0.15, -0.1) is 0 Å². The molecule has 2 aromatic carbocycles. The maximum absolute atomic E-state index is 5.88. The van der Waals surface area contributed by atoms with Crippen molar-refractivity contribution in [2.24, 2.45) is 5.10 Å². The van der Waals surface area contributed by atoms with Gasteiger partial charge >= 0.3 is 0 Å². The summed E-state index contributed by atoms with van der Waals surface area (Å²) in [5.74, 6) is 0. The maximum Gasteiger partial charge on any atom is 0.261 e. The van der Waals surface area contributed by atoms with Gasteiger partial charge in [0.25, 0.3) is 5.22 Å². The molecule has 0 radical (unpaired) electrons. The molecule has 0 fully saturated rings. The van der Waals surface area contributed by atoms with Crippen LogP contribution in [0.2, 0.25) is 0 Å². The van der Waals surface area contributed by atoms with Crippen LogP contribution in [-0.2, 0) is 0 Å². The number of anilines is 1. The second-order valence-corrected chi connectivity index (χ2v) is 8.64. The van der Waals surface area contributed by atoms with Crippen molar-refractivity contribution >= 4 is 55.8 Å². The Hall–Kier alpha value is -2.64.